The maximum atomic E-state index is 8.33. The molecule has 0 atom stereocenters. The summed E-state index contributed by atoms with van der Waals surface area (Å²) in [6, 6.07) is 0. The average Bonchev–Trinajstić information content (AvgIpc) is 3.72. The fourth-order valence-corrected chi connectivity index (χ4v) is 4.11. The van der Waals surface area contributed by atoms with Crippen LogP contribution in [0.3, 0.4) is 0 Å². The van der Waals surface area contributed by atoms with Crippen molar-refractivity contribution in [2.24, 2.45) is 0 Å². The van der Waals surface area contributed by atoms with Crippen molar-refractivity contribution < 1.29 is 23.2 Å². The second-order valence-corrected chi connectivity index (χ2v) is 15.6. The first-order chi connectivity index (χ1) is 23.5. The molecule has 0 bridgehead atoms. The van der Waals surface area contributed by atoms with Crippen LogP contribution in [-0.2, 0) is 23.2 Å². The molecule has 0 saturated carbocycles. The molecule has 1 aliphatic rings. The zero-order valence-corrected chi connectivity index (χ0v) is 43.5. The Kier molecular flexibility index (Phi) is 138. The molecule has 0 unspecified atom stereocenters. The van der Waals surface area contributed by atoms with Crippen LogP contribution in [0.1, 0.15) is 172 Å². The third-order valence-electron chi connectivity index (χ3n) is 6.40. The molecular formula is C44H86AlCl5OW. The van der Waals surface area contributed by atoms with E-state index in [4.69, 9.17) is 13.4 Å². The van der Waals surface area contributed by atoms with Crippen LogP contribution < -0.4 is 0 Å². The number of allylic oxidation sites excluding steroid dienone is 16. The van der Waals surface area contributed by atoms with E-state index >= 15 is 0 Å². The van der Waals surface area contributed by atoms with Crippen LogP contribution in [0.5, 0.6) is 0 Å². The molecule has 0 aromatic rings. The standard InChI is InChI=1S/C11H20.C10H18.C9H16.C5H8.C5H10.2C2H5.Al.5ClH.O.W/c1-3-5-7-9-11-10-8-6-4-2;1-3-5-7-9-10-8-6-4-2;1-3-5-7-9-8-6-4-2;1-2-4-5-3-1;1-3-5-4-2;2*1-2;;;;;;;;/h5-8H,3-4,9-11H2,1-2H3;3,5-6,8H,4,7,9-10H2,1-2H3;3-6H,7-9H2,1-2H3;1-2H,3-5H2;3,5H,4H2,1-2H3;2*1H2,2H3;;5*1H;;/q;;;;;;;+1;;;;;;;/p-1/b;;;;5-3+;;;;;;;;;;. The van der Waals surface area contributed by atoms with E-state index < -0.39 is 13.2 Å². The molecule has 0 aliphatic heterocycles. The van der Waals surface area contributed by atoms with Gasteiger partial charge in [0.15, 0.2) is 0 Å². The van der Waals surface area contributed by atoms with Crippen molar-refractivity contribution >= 4 is 72.9 Å². The first kappa shape index (κ1) is 77.0. The monoisotopic (exact) mass is 1020 g/mol. The molecule has 312 valence electrons. The summed E-state index contributed by atoms with van der Waals surface area (Å²) in [6.07, 6.45) is 55.1. The van der Waals surface area contributed by atoms with Crippen molar-refractivity contribution in [2.45, 2.75) is 183 Å². The van der Waals surface area contributed by atoms with Crippen LogP contribution in [-0.4, -0.2) is 13.2 Å². The number of unbranched alkanes of at least 4 members (excludes halogenated alkanes) is 6. The van der Waals surface area contributed by atoms with Crippen molar-refractivity contribution in [3.05, 3.63) is 97.2 Å². The van der Waals surface area contributed by atoms with Crippen molar-refractivity contribution in [2.75, 3.05) is 0 Å². The Morgan fingerprint density at radius 2 is 0.712 bits per heavy atom. The summed E-state index contributed by atoms with van der Waals surface area (Å²) in [5.74, 6) is 0. The van der Waals surface area contributed by atoms with Gasteiger partial charge in [-0.1, -0.05) is 149 Å². The van der Waals surface area contributed by atoms with E-state index in [1.807, 2.05) is 6.92 Å². The van der Waals surface area contributed by atoms with Gasteiger partial charge in [-0.3, -0.25) is 10.0 Å². The first-order valence-electron chi connectivity index (χ1n) is 19.3. The number of halogens is 5. The van der Waals surface area contributed by atoms with E-state index in [1.54, 1.807) is 0 Å². The van der Waals surface area contributed by atoms with Gasteiger partial charge in [0.25, 0.3) is 0 Å². The molecule has 1 rings (SSSR count). The summed E-state index contributed by atoms with van der Waals surface area (Å²) in [4.78, 5) is 0. The maximum absolute atomic E-state index is 8.33. The quantitative estimate of drug-likeness (QED) is 0.0760. The molecule has 52 heavy (non-hydrogen) atoms. The molecule has 0 saturated heterocycles. The molecule has 8 heteroatoms. The Morgan fingerprint density at radius 3 is 0.846 bits per heavy atom. The number of hydrogen-bond donors (Lipinski definition) is 0. The van der Waals surface area contributed by atoms with Gasteiger partial charge in [-0.25, -0.2) is 0 Å². The van der Waals surface area contributed by atoms with Gasteiger partial charge in [-0.15, -0.1) is 49.6 Å². The molecule has 0 fully saturated rings. The summed E-state index contributed by atoms with van der Waals surface area (Å²) in [5.41, 5.74) is 0. The number of hydrogen-bond acceptors (Lipinski definition) is 1. The van der Waals surface area contributed by atoms with Gasteiger partial charge in [0.2, 0.25) is 0 Å². The van der Waals surface area contributed by atoms with Gasteiger partial charge in [0.1, 0.15) is 0 Å². The van der Waals surface area contributed by atoms with Gasteiger partial charge >= 0.3 is 36.4 Å². The van der Waals surface area contributed by atoms with Crippen molar-refractivity contribution in [1.82, 2.24) is 0 Å². The molecular weight excluding hydrogens is 933 g/mol. The summed E-state index contributed by atoms with van der Waals surface area (Å²) in [5, 5.41) is 2.47. The molecule has 0 N–H and O–H groups in total. The van der Waals surface area contributed by atoms with Crippen molar-refractivity contribution in [3.63, 3.8) is 0 Å². The van der Waals surface area contributed by atoms with Gasteiger partial charge in [0, 0.05) is 0 Å². The van der Waals surface area contributed by atoms with Crippen molar-refractivity contribution in [3.8, 4) is 0 Å². The van der Waals surface area contributed by atoms with Gasteiger partial charge < -0.3 is 0 Å². The van der Waals surface area contributed by atoms with E-state index in [1.165, 1.54) is 107 Å². The van der Waals surface area contributed by atoms with E-state index in [2.05, 4.69) is 160 Å². The summed E-state index contributed by atoms with van der Waals surface area (Å²) >= 11 is -0.355. The number of rotatable bonds is 18. The fraction of sp³-hybridized carbons (Fsp3) is 0.636. The first-order valence-corrected chi connectivity index (χ1v) is 23.9. The SMILES string of the molecule is C/C=C/CC.C1=CCCC1.CC=CCCCC=CC.CC=CCCCC=CCC.CCC=CCCCC=CCC.C[CH2][Al]([Cl])[CH2]C.Cl.Cl.Cl.Cl.[O]=[W]. The Bertz CT molecular complexity index is 715. The summed E-state index contributed by atoms with van der Waals surface area (Å²) in [7, 11) is 5.79. The predicted octanol–water partition coefficient (Wildman–Crippen LogP) is 18.6. The van der Waals surface area contributed by atoms with Crippen LogP contribution in [0.2, 0.25) is 10.6 Å². The molecule has 0 aromatic carbocycles. The molecule has 1 aliphatic carbocycles. The van der Waals surface area contributed by atoms with Gasteiger partial charge in [0.05, 0.1) is 0 Å². The topological polar surface area (TPSA) is 17.1 Å². The van der Waals surface area contributed by atoms with E-state index in [0.717, 1.165) is 6.42 Å². The summed E-state index contributed by atoms with van der Waals surface area (Å²) < 4.78 is 8.33. The molecule has 1 nitrogen and oxygen atoms in total. The Hall–Kier alpha value is 0.391. The molecule has 0 radical (unpaired) electrons. The minimum atomic E-state index is -0.688. The third-order valence-corrected chi connectivity index (χ3v) is 10.0. The predicted molar refractivity (Wildman–Crippen MR) is 255 cm³/mol. The van der Waals surface area contributed by atoms with Crippen LogP contribution in [0.15, 0.2) is 97.2 Å². The second kappa shape index (κ2) is 93.3. The van der Waals surface area contributed by atoms with E-state index in [0.29, 0.717) is 19.8 Å². The Labute approximate surface area is 372 Å². The van der Waals surface area contributed by atoms with Crippen molar-refractivity contribution in [1.29, 1.82) is 0 Å². The zero-order chi connectivity index (χ0) is 37.6. The summed E-state index contributed by atoms with van der Waals surface area (Å²) in [6.45, 7) is 21.2. The van der Waals surface area contributed by atoms with Crippen LogP contribution in [0.4, 0.5) is 0 Å². The Balaban J connectivity index is -0.0000000506. The fourth-order valence-electron chi connectivity index (χ4n) is 3.53. The van der Waals surface area contributed by atoms with Gasteiger partial charge in [-0.2, -0.15) is 0 Å². The van der Waals surface area contributed by atoms with E-state index in [-0.39, 0.29) is 49.6 Å². The van der Waals surface area contributed by atoms with E-state index in [9.17, 15) is 0 Å². The molecule has 0 aromatic heterocycles. The molecule has 0 amide bonds. The molecule has 0 spiro atoms. The zero-order valence-electron chi connectivity index (χ0n) is 35.4. The van der Waals surface area contributed by atoms with Crippen LogP contribution in [0, 0.1) is 0 Å². The normalized spacial score (nSPS) is 10.8. The average molecular weight is 1020 g/mol. The van der Waals surface area contributed by atoms with Crippen LogP contribution in [0.25, 0.3) is 0 Å². The Morgan fingerprint density at radius 1 is 0.462 bits per heavy atom. The minimum absolute atomic E-state index is 0. The van der Waals surface area contributed by atoms with Gasteiger partial charge in [-0.05, 0) is 130 Å². The second-order valence-electron chi connectivity index (χ2n) is 10.9. The van der Waals surface area contributed by atoms with Crippen LogP contribution >= 0.6 is 59.7 Å². The molecule has 0 heterocycles. The third kappa shape index (κ3) is 117.